The molecular weight excluding hydrogens is 392 g/mol. The van der Waals surface area contributed by atoms with Gasteiger partial charge in [0.1, 0.15) is 17.6 Å². The summed E-state index contributed by atoms with van der Waals surface area (Å²) < 4.78 is 11.6. The SMILES string of the molecule is CCOc1cc2c(cc1/C=C/C(=O)N1CCC(C(=O)NC(C)C(C)C)CC1)OC(C)C2. The molecule has 0 aliphatic carbocycles. The van der Waals surface area contributed by atoms with Crippen LogP contribution >= 0.6 is 0 Å². The molecule has 1 saturated heterocycles. The van der Waals surface area contributed by atoms with E-state index >= 15 is 0 Å². The molecule has 0 spiro atoms. The first-order valence-electron chi connectivity index (χ1n) is 11.5. The second-order valence-corrected chi connectivity index (χ2v) is 9.04. The molecule has 2 amide bonds. The van der Waals surface area contributed by atoms with Crippen molar-refractivity contribution < 1.29 is 19.1 Å². The Hall–Kier alpha value is -2.50. The molecule has 6 nitrogen and oxygen atoms in total. The summed E-state index contributed by atoms with van der Waals surface area (Å²) in [4.78, 5) is 27.0. The molecule has 2 unspecified atom stereocenters. The highest BCUT2D eigenvalue weighted by Crippen LogP contribution is 2.35. The predicted molar refractivity (Wildman–Crippen MR) is 122 cm³/mol. The van der Waals surface area contributed by atoms with E-state index in [1.54, 1.807) is 6.08 Å². The third-order valence-electron chi connectivity index (χ3n) is 6.28. The molecule has 0 saturated carbocycles. The summed E-state index contributed by atoms with van der Waals surface area (Å²) in [6.45, 7) is 12.0. The van der Waals surface area contributed by atoms with Crippen molar-refractivity contribution in [2.45, 2.75) is 66.0 Å². The summed E-state index contributed by atoms with van der Waals surface area (Å²) in [6.07, 6.45) is 5.84. The molecular formula is C25H36N2O4. The minimum Gasteiger partial charge on any atom is -0.493 e. The number of amides is 2. The minimum absolute atomic E-state index is 0.0189. The summed E-state index contributed by atoms with van der Waals surface area (Å²) in [5, 5.41) is 3.10. The van der Waals surface area contributed by atoms with Crippen LogP contribution in [0.1, 0.15) is 58.6 Å². The maximum absolute atomic E-state index is 12.7. The molecule has 3 rings (SSSR count). The highest BCUT2D eigenvalue weighted by Gasteiger charge is 2.28. The molecule has 0 radical (unpaired) electrons. The minimum atomic E-state index is -0.0355. The van der Waals surface area contributed by atoms with Gasteiger partial charge in [-0.25, -0.2) is 0 Å². The molecule has 1 N–H and O–H groups in total. The van der Waals surface area contributed by atoms with Gasteiger partial charge in [0.15, 0.2) is 0 Å². The molecule has 0 bridgehead atoms. The monoisotopic (exact) mass is 428 g/mol. The van der Waals surface area contributed by atoms with Gasteiger partial charge in [-0.15, -0.1) is 0 Å². The van der Waals surface area contributed by atoms with Crippen molar-refractivity contribution in [3.63, 3.8) is 0 Å². The Morgan fingerprint density at radius 2 is 1.97 bits per heavy atom. The quantitative estimate of drug-likeness (QED) is 0.671. The maximum atomic E-state index is 12.7. The molecule has 2 atom stereocenters. The second-order valence-electron chi connectivity index (χ2n) is 9.04. The highest BCUT2D eigenvalue weighted by molar-refractivity contribution is 5.92. The Balaban J connectivity index is 1.59. The Labute approximate surface area is 186 Å². The maximum Gasteiger partial charge on any atom is 0.246 e. The first-order valence-corrected chi connectivity index (χ1v) is 11.5. The third kappa shape index (κ3) is 5.81. The lowest BCUT2D eigenvalue weighted by molar-refractivity contribution is -0.132. The summed E-state index contributed by atoms with van der Waals surface area (Å²) in [6, 6.07) is 4.14. The van der Waals surface area contributed by atoms with Crippen LogP contribution < -0.4 is 14.8 Å². The molecule has 2 aliphatic rings. The van der Waals surface area contributed by atoms with Crippen molar-refractivity contribution >= 4 is 17.9 Å². The van der Waals surface area contributed by atoms with Crippen LogP contribution in [0.3, 0.4) is 0 Å². The first-order chi connectivity index (χ1) is 14.8. The third-order valence-corrected chi connectivity index (χ3v) is 6.28. The number of hydrogen-bond acceptors (Lipinski definition) is 4. The molecule has 170 valence electrons. The van der Waals surface area contributed by atoms with Crippen LogP contribution in [-0.2, 0) is 16.0 Å². The number of nitrogens with one attached hydrogen (secondary N) is 1. The smallest absolute Gasteiger partial charge is 0.246 e. The van der Waals surface area contributed by atoms with Gasteiger partial charge in [0, 0.05) is 48.7 Å². The average Bonchev–Trinajstić information content (AvgIpc) is 3.10. The number of ether oxygens (including phenoxy) is 2. The fraction of sp³-hybridized carbons (Fsp3) is 0.600. The lowest BCUT2D eigenvalue weighted by Crippen LogP contribution is -2.45. The van der Waals surface area contributed by atoms with Gasteiger partial charge in [0.25, 0.3) is 0 Å². The van der Waals surface area contributed by atoms with Gasteiger partial charge in [0.05, 0.1) is 6.61 Å². The molecule has 6 heteroatoms. The summed E-state index contributed by atoms with van der Waals surface area (Å²) in [5.41, 5.74) is 1.99. The summed E-state index contributed by atoms with van der Waals surface area (Å²) >= 11 is 0. The van der Waals surface area contributed by atoms with Crippen molar-refractivity contribution in [1.29, 1.82) is 0 Å². The standard InChI is InChI=1S/C25H36N2O4/c1-6-30-22-15-21-13-17(4)31-23(21)14-20(22)7-8-24(28)27-11-9-19(10-12-27)25(29)26-18(5)16(2)3/h7-8,14-19H,6,9-13H2,1-5H3,(H,26,29)/b8-7+. The molecule has 1 aromatic carbocycles. The van der Waals surface area contributed by atoms with Gasteiger partial charge in [-0.1, -0.05) is 13.8 Å². The number of benzene rings is 1. The Kier molecular flexibility index (Phi) is 7.63. The van der Waals surface area contributed by atoms with Crippen LogP contribution in [0.5, 0.6) is 11.5 Å². The molecule has 1 aromatic rings. The van der Waals surface area contributed by atoms with E-state index in [2.05, 4.69) is 19.2 Å². The van der Waals surface area contributed by atoms with Crippen LogP contribution in [-0.4, -0.2) is 48.6 Å². The average molecular weight is 429 g/mol. The Morgan fingerprint density at radius 3 is 2.61 bits per heavy atom. The van der Waals surface area contributed by atoms with Crippen LogP contribution in [0, 0.1) is 11.8 Å². The van der Waals surface area contributed by atoms with Gasteiger partial charge in [-0.2, -0.15) is 0 Å². The van der Waals surface area contributed by atoms with E-state index in [0.717, 1.165) is 29.0 Å². The highest BCUT2D eigenvalue weighted by atomic mass is 16.5. The zero-order valence-corrected chi connectivity index (χ0v) is 19.4. The molecule has 0 aromatic heterocycles. The van der Waals surface area contributed by atoms with Crippen molar-refractivity contribution in [2.75, 3.05) is 19.7 Å². The van der Waals surface area contributed by atoms with Crippen molar-refractivity contribution in [2.24, 2.45) is 11.8 Å². The van der Waals surface area contributed by atoms with Gasteiger partial charge in [-0.05, 0) is 57.7 Å². The number of nitrogens with zero attached hydrogens (tertiary/aromatic N) is 1. The van der Waals surface area contributed by atoms with E-state index in [0.29, 0.717) is 38.5 Å². The van der Waals surface area contributed by atoms with Gasteiger partial charge >= 0.3 is 0 Å². The lowest BCUT2D eigenvalue weighted by Gasteiger charge is -2.31. The van der Waals surface area contributed by atoms with Crippen molar-refractivity contribution in [3.8, 4) is 11.5 Å². The number of piperidine rings is 1. The fourth-order valence-electron chi connectivity index (χ4n) is 4.00. The van der Waals surface area contributed by atoms with Crippen LogP contribution in [0.2, 0.25) is 0 Å². The molecule has 2 heterocycles. The zero-order valence-electron chi connectivity index (χ0n) is 19.4. The van der Waals surface area contributed by atoms with E-state index in [1.807, 2.05) is 43.9 Å². The number of carbonyl (C=O) groups excluding carboxylic acids is 2. The van der Waals surface area contributed by atoms with Crippen LogP contribution in [0.25, 0.3) is 6.08 Å². The lowest BCUT2D eigenvalue weighted by atomic mass is 9.94. The largest absolute Gasteiger partial charge is 0.493 e. The number of fused-ring (bicyclic) bond motifs is 1. The van der Waals surface area contributed by atoms with E-state index in [9.17, 15) is 9.59 Å². The number of hydrogen-bond donors (Lipinski definition) is 1. The fourth-order valence-corrected chi connectivity index (χ4v) is 4.00. The van der Waals surface area contributed by atoms with E-state index in [4.69, 9.17) is 9.47 Å². The molecule has 31 heavy (non-hydrogen) atoms. The Bertz CT molecular complexity index is 825. The van der Waals surface area contributed by atoms with Crippen LogP contribution in [0.4, 0.5) is 0 Å². The zero-order chi connectivity index (χ0) is 22.5. The predicted octanol–water partition coefficient (Wildman–Crippen LogP) is 3.82. The molecule has 1 fully saturated rings. The second kappa shape index (κ2) is 10.2. The number of rotatable bonds is 7. The van der Waals surface area contributed by atoms with Gasteiger partial charge in [0.2, 0.25) is 11.8 Å². The van der Waals surface area contributed by atoms with Crippen LogP contribution in [0.15, 0.2) is 18.2 Å². The van der Waals surface area contributed by atoms with E-state index in [1.165, 1.54) is 0 Å². The Morgan fingerprint density at radius 1 is 1.26 bits per heavy atom. The topological polar surface area (TPSA) is 67.9 Å². The van der Waals surface area contributed by atoms with Gasteiger partial charge in [-0.3, -0.25) is 9.59 Å². The number of likely N-dealkylation sites (tertiary alicyclic amines) is 1. The van der Waals surface area contributed by atoms with E-state index in [-0.39, 0.29) is 29.9 Å². The van der Waals surface area contributed by atoms with E-state index < -0.39 is 0 Å². The van der Waals surface area contributed by atoms with Gasteiger partial charge < -0.3 is 19.7 Å². The summed E-state index contributed by atoms with van der Waals surface area (Å²) in [5.74, 6) is 2.10. The van der Waals surface area contributed by atoms with Crippen molar-refractivity contribution in [1.82, 2.24) is 10.2 Å². The number of carbonyl (C=O) groups is 2. The molecule has 2 aliphatic heterocycles. The van der Waals surface area contributed by atoms with Crippen molar-refractivity contribution in [3.05, 3.63) is 29.3 Å². The first kappa shape index (κ1) is 23.2. The summed E-state index contributed by atoms with van der Waals surface area (Å²) in [7, 11) is 0. The normalized spacial score (nSPS) is 19.9.